The summed E-state index contributed by atoms with van der Waals surface area (Å²) in [6.07, 6.45) is 0. The van der Waals surface area contributed by atoms with Gasteiger partial charge in [0.05, 0.1) is 0 Å². The van der Waals surface area contributed by atoms with Crippen LogP contribution < -0.4 is 10.9 Å². The predicted octanol–water partition coefficient (Wildman–Crippen LogP) is 3.13. The highest BCUT2D eigenvalue weighted by molar-refractivity contribution is 5.08. The molecule has 0 fully saturated rings. The van der Waals surface area contributed by atoms with Gasteiger partial charge in [0.15, 0.2) is 10.9 Å². The fraction of sp³-hybridized carbons (Fsp3) is 0.333. The molecule has 0 spiro atoms. The summed E-state index contributed by atoms with van der Waals surface area (Å²) in [5.74, 6) is 1.33. The Balaban J connectivity index is 0. The summed E-state index contributed by atoms with van der Waals surface area (Å²) in [5, 5.41) is 0. The lowest BCUT2D eigenvalue weighted by Gasteiger charge is -1.92. The van der Waals surface area contributed by atoms with E-state index in [4.69, 9.17) is 4.42 Å². The summed E-state index contributed by atoms with van der Waals surface area (Å²) in [4.78, 5) is 24.4. The topological polar surface area (TPSA) is 63.1 Å². The lowest BCUT2D eigenvalue weighted by Crippen LogP contribution is -2.00. The van der Waals surface area contributed by atoms with Crippen molar-refractivity contribution in [2.75, 3.05) is 0 Å². The molecule has 0 radical (unpaired) electrons. The van der Waals surface area contributed by atoms with Gasteiger partial charge in [0, 0.05) is 37.1 Å². The second-order valence-electron chi connectivity index (χ2n) is 4.20. The molecule has 0 unspecified atom stereocenters. The second kappa shape index (κ2) is 7.36. The van der Waals surface area contributed by atoms with Gasteiger partial charge in [-0.05, 0) is 27.7 Å². The van der Waals surface area contributed by atoms with E-state index in [0.717, 1.165) is 11.4 Å². The first-order chi connectivity index (χ1) is 8.36. The average Bonchev–Trinajstić information content (AvgIpc) is 2.12. The predicted molar refractivity (Wildman–Crippen MR) is 79.8 cm³/mol. The number of H-pyrrole nitrogens is 1. The first-order valence-electron chi connectivity index (χ1n) is 5.63. The normalized spacial score (nSPS) is 9.05. The van der Waals surface area contributed by atoms with Crippen molar-refractivity contribution in [2.24, 2.45) is 0 Å². The van der Waals surface area contributed by atoms with Gasteiger partial charge in [0.2, 0.25) is 0 Å². The Morgan fingerprint density at radius 1 is 0.842 bits per heavy atom. The highest BCUT2D eigenvalue weighted by Gasteiger charge is 1.90. The van der Waals surface area contributed by atoms with Gasteiger partial charge in [-0.2, -0.15) is 0 Å². The van der Waals surface area contributed by atoms with Crippen LogP contribution in [0, 0.1) is 27.7 Å². The van der Waals surface area contributed by atoms with Crippen molar-refractivity contribution in [1.82, 2.24) is 4.98 Å². The molecule has 1 N–H and O–H groups in total. The van der Waals surface area contributed by atoms with E-state index in [1.165, 1.54) is 12.1 Å². The highest BCUT2D eigenvalue weighted by Crippen LogP contribution is 1.95. The van der Waals surface area contributed by atoms with E-state index in [1.54, 1.807) is 26.0 Å². The Labute approximate surface area is 114 Å². The molecule has 106 valence electrons. The smallest absolute Gasteiger partial charge is 0.185 e. The van der Waals surface area contributed by atoms with E-state index in [0.29, 0.717) is 11.5 Å². The van der Waals surface area contributed by atoms with Crippen LogP contribution >= 0.6 is 0 Å². The van der Waals surface area contributed by atoms with Crippen LogP contribution in [0.25, 0.3) is 0 Å². The second-order valence-corrected chi connectivity index (χ2v) is 4.20. The molecule has 19 heavy (non-hydrogen) atoms. The first-order valence-corrected chi connectivity index (χ1v) is 5.63. The molecule has 0 saturated carbocycles. The molecule has 4 nitrogen and oxygen atoms in total. The van der Waals surface area contributed by atoms with Crippen LogP contribution in [0.5, 0.6) is 0 Å². The maximum absolute atomic E-state index is 10.7. The molecule has 2 aromatic heterocycles. The fourth-order valence-corrected chi connectivity index (χ4v) is 1.61. The molecule has 2 aromatic rings. The Hall–Kier alpha value is -2.10. The van der Waals surface area contributed by atoms with Gasteiger partial charge in [-0.15, -0.1) is 0 Å². The van der Waals surface area contributed by atoms with Crippen molar-refractivity contribution in [3.05, 3.63) is 67.6 Å². The third-order valence-corrected chi connectivity index (χ3v) is 2.12. The van der Waals surface area contributed by atoms with Crippen molar-refractivity contribution in [3.8, 4) is 0 Å². The Kier molecular flexibility index (Phi) is 6.55. The van der Waals surface area contributed by atoms with Gasteiger partial charge in [0.25, 0.3) is 0 Å². The van der Waals surface area contributed by atoms with Gasteiger partial charge >= 0.3 is 0 Å². The largest absolute Gasteiger partial charge is 0.466 e. The van der Waals surface area contributed by atoms with Gasteiger partial charge in [-0.25, -0.2) is 0 Å². The third-order valence-electron chi connectivity index (χ3n) is 2.12. The number of nitrogens with one attached hydrogen (secondary N) is 1. The number of aromatic nitrogens is 1. The Morgan fingerprint density at radius 2 is 1.21 bits per heavy atom. The first kappa shape index (κ1) is 16.9. The van der Waals surface area contributed by atoms with Crippen molar-refractivity contribution < 1.29 is 5.84 Å². The Morgan fingerprint density at radius 3 is 1.53 bits per heavy atom. The molecule has 2 heterocycles. The molecule has 0 aliphatic rings. The zero-order valence-electron chi connectivity index (χ0n) is 11.0. The zero-order valence-corrected chi connectivity index (χ0v) is 11.0. The minimum Gasteiger partial charge on any atom is -0.466 e. The van der Waals surface area contributed by atoms with E-state index < -0.39 is 0 Å². The molecule has 0 atom stereocenters. The SMILES string of the molecule is C.Cc1cc(=O)cc(C)[nH]1.Cc1cc(=O)cc(C)o1.[2HH]. The van der Waals surface area contributed by atoms with Crippen LogP contribution in [-0.2, 0) is 0 Å². The summed E-state index contributed by atoms with van der Waals surface area (Å²) < 4.78 is 5.06. The van der Waals surface area contributed by atoms with E-state index in [2.05, 4.69) is 4.98 Å². The van der Waals surface area contributed by atoms with Crippen LogP contribution in [0.2, 0.25) is 0 Å². The minimum absolute atomic E-state index is 0. The number of aryl methyl sites for hydroxylation is 4. The third kappa shape index (κ3) is 6.41. The number of pyridine rings is 1. The average molecular weight is 266 g/mol. The van der Waals surface area contributed by atoms with Gasteiger partial charge < -0.3 is 9.40 Å². The van der Waals surface area contributed by atoms with E-state index >= 15 is 0 Å². The van der Waals surface area contributed by atoms with Crippen molar-refractivity contribution in [2.45, 2.75) is 35.1 Å². The molecule has 2 rings (SSSR count). The van der Waals surface area contributed by atoms with Crippen molar-refractivity contribution in [3.63, 3.8) is 0 Å². The van der Waals surface area contributed by atoms with Crippen LogP contribution in [-0.4, -0.2) is 4.98 Å². The van der Waals surface area contributed by atoms with Gasteiger partial charge in [-0.3, -0.25) is 9.59 Å². The van der Waals surface area contributed by atoms with Gasteiger partial charge in [-0.1, -0.05) is 7.43 Å². The Bertz CT molecular complexity index is 540. The van der Waals surface area contributed by atoms with Crippen molar-refractivity contribution in [1.29, 1.82) is 0 Å². The summed E-state index contributed by atoms with van der Waals surface area (Å²) >= 11 is 0. The highest BCUT2D eigenvalue weighted by atomic mass is 16.3. The maximum Gasteiger partial charge on any atom is 0.185 e. The van der Waals surface area contributed by atoms with Crippen LogP contribution in [0.4, 0.5) is 0 Å². The molecular weight excluding hydrogens is 242 g/mol. The molecule has 0 amide bonds. The monoisotopic (exact) mass is 266 g/mol. The fourth-order valence-electron chi connectivity index (χ4n) is 1.61. The lowest BCUT2D eigenvalue weighted by atomic mass is 10.3. The molecule has 4 heteroatoms. The summed E-state index contributed by atoms with van der Waals surface area (Å²) in [7, 11) is 0. The van der Waals surface area contributed by atoms with Crippen LogP contribution in [0.15, 0.2) is 38.3 Å². The maximum atomic E-state index is 10.7. The van der Waals surface area contributed by atoms with Crippen molar-refractivity contribution >= 4 is 0 Å². The molecule has 0 aliphatic heterocycles. The van der Waals surface area contributed by atoms with Crippen LogP contribution in [0.1, 0.15) is 31.8 Å². The number of aromatic amines is 1. The standard InChI is InChI=1S/C7H9NO.C7H8O2.CH4.H2/c1-5-3-7(9)4-6(2)8-5;1-5-3-7(8)4-6(2)9-5;;/h3-4H,1-2H3,(H,8,9);3-4H,1-2H3;1H4;1H/i;;;1+1. The minimum atomic E-state index is 0. The number of hydrogen-bond donors (Lipinski definition) is 1. The summed E-state index contributed by atoms with van der Waals surface area (Å²) in [6.45, 7) is 7.26. The zero-order chi connectivity index (χ0) is 13.7. The van der Waals surface area contributed by atoms with E-state index in [-0.39, 0.29) is 19.7 Å². The van der Waals surface area contributed by atoms with Gasteiger partial charge in [0.1, 0.15) is 11.5 Å². The van der Waals surface area contributed by atoms with Crippen LogP contribution in [0.3, 0.4) is 0 Å². The summed E-state index contributed by atoms with van der Waals surface area (Å²) in [6, 6.07) is 6.08. The summed E-state index contributed by atoms with van der Waals surface area (Å²) in [5.41, 5.74) is 1.92. The molecule has 0 aliphatic carbocycles. The molecule has 0 saturated heterocycles. The van der Waals surface area contributed by atoms with E-state index in [9.17, 15) is 9.59 Å². The quantitative estimate of drug-likeness (QED) is 0.796. The lowest BCUT2D eigenvalue weighted by molar-refractivity contribution is 0.484. The molecule has 0 aromatic carbocycles. The number of rotatable bonds is 0. The molecular formula is C15H23NO3. The molecule has 0 bridgehead atoms. The van der Waals surface area contributed by atoms with E-state index in [1.807, 2.05) is 13.8 Å². The number of hydrogen-bond acceptors (Lipinski definition) is 3.